The number of nitrogens with zero attached hydrogens (tertiary/aromatic N) is 2. The van der Waals surface area contributed by atoms with Crippen molar-refractivity contribution in [1.29, 1.82) is 0 Å². The minimum atomic E-state index is -0.439. The number of carbonyl (C=O) groups excluding carboxylic acids is 1. The van der Waals surface area contributed by atoms with Gasteiger partial charge in [-0.15, -0.1) is 37.2 Å². The van der Waals surface area contributed by atoms with Crippen molar-refractivity contribution < 1.29 is 4.79 Å². The van der Waals surface area contributed by atoms with Crippen molar-refractivity contribution in [3.8, 4) is 0 Å². The Balaban J connectivity index is 0. The van der Waals surface area contributed by atoms with Crippen molar-refractivity contribution in [3.63, 3.8) is 0 Å². The number of rotatable bonds is 9. The summed E-state index contributed by atoms with van der Waals surface area (Å²) in [4.78, 5) is 17.7. The summed E-state index contributed by atoms with van der Waals surface area (Å²) in [6.07, 6.45) is 1.55. The third kappa shape index (κ3) is 8.23. The predicted molar refractivity (Wildman–Crippen MR) is 129 cm³/mol. The number of carbonyl (C=O) groups is 1. The maximum atomic E-state index is 12.7. The number of halogens is 3. The van der Waals surface area contributed by atoms with E-state index in [9.17, 15) is 4.79 Å². The average Bonchev–Trinajstić information content (AvgIpc) is 2.69. The average molecular weight is 470 g/mol. The minimum Gasteiger partial charge on any atom is -0.351 e. The molecule has 170 valence electrons. The smallest absolute Gasteiger partial charge is 0.227 e. The molecule has 0 atom stereocenters. The van der Waals surface area contributed by atoms with Crippen molar-refractivity contribution in [2.45, 2.75) is 46.7 Å². The van der Waals surface area contributed by atoms with E-state index in [-0.39, 0.29) is 43.1 Å². The first-order valence-electron chi connectivity index (χ1n) is 10.1. The highest BCUT2D eigenvalue weighted by molar-refractivity contribution is 5.86. The summed E-state index contributed by atoms with van der Waals surface area (Å²) in [7, 11) is 0. The van der Waals surface area contributed by atoms with Gasteiger partial charge < -0.3 is 16.0 Å². The van der Waals surface area contributed by atoms with Crippen LogP contribution in [0.5, 0.6) is 0 Å². The van der Waals surface area contributed by atoms with E-state index >= 15 is 0 Å². The van der Waals surface area contributed by atoms with E-state index in [1.807, 2.05) is 13.8 Å². The maximum Gasteiger partial charge on any atom is 0.227 e. The molecule has 1 saturated heterocycles. The van der Waals surface area contributed by atoms with Gasteiger partial charge in [-0.3, -0.25) is 9.69 Å². The second-order valence-electron chi connectivity index (χ2n) is 7.35. The van der Waals surface area contributed by atoms with E-state index in [1.54, 1.807) is 0 Å². The molecule has 1 aromatic rings. The molecule has 1 fully saturated rings. The molecule has 0 radical (unpaired) electrons. The van der Waals surface area contributed by atoms with Crippen molar-refractivity contribution >= 4 is 43.1 Å². The molecule has 1 aliphatic rings. The molecule has 8 heteroatoms. The van der Waals surface area contributed by atoms with Crippen molar-refractivity contribution in [1.82, 2.24) is 15.1 Å². The van der Waals surface area contributed by atoms with E-state index in [0.717, 1.165) is 52.1 Å². The van der Waals surface area contributed by atoms with Crippen LogP contribution in [0.1, 0.15) is 44.7 Å². The summed E-state index contributed by atoms with van der Waals surface area (Å²) in [5, 5.41) is 3.14. The van der Waals surface area contributed by atoms with Gasteiger partial charge >= 0.3 is 0 Å². The van der Waals surface area contributed by atoms with E-state index in [1.165, 1.54) is 11.1 Å². The number of hydrogen-bond donors (Lipinski definition) is 2. The van der Waals surface area contributed by atoms with E-state index in [0.29, 0.717) is 13.1 Å². The van der Waals surface area contributed by atoms with E-state index in [2.05, 4.69) is 46.3 Å². The molecule has 5 nitrogen and oxygen atoms in total. The quantitative estimate of drug-likeness (QED) is 0.581. The zero-order valence-corrected chi connectivity index (χ0v) is 20.4. The lowest BCUT2D eigenvalue weighted by Gasteiger charge is -2.34. The molecular weight excluding hydrogens is 431 g/mol. The van der Waals surface area contributed by atoms with Crippen LogP contribution in [-0.2, 0) is 17.9 Å². The van der Waals surface area contributed by atoms with Crippen LogP contribution in [0.4, 0.5) is 0 Å². The lowest BCUT2D eigenvalue weighted by atomic mass is 9.81. The molecule has 1 aromatic carbocycles. The molecule has 0 aromatic heterocycles. The van der Waals surface area contributed by atoms with Gasteiger partial charge in [-0.25, -0.2) is 0 Å². The topological polar surface area (TPSA) is 61.6 Å². The highest BCUT2D eigenvalue weighted by Crippen LogP contribution is 2.25. The summed E-state index contributed by atoms with van der Waals surface area (Å²) < 4.78 is 0. The highest BCUT2D eigenvalue weighted by Gasteiger charge is 2.33. The zero-order chi connectivity index (χ0) is 19.0. The van der Waals surface area contributed by atoms with Crippen LogP contribution in [0.25, 0.3) is 0 Å². The van der Waals surface area contributed by atoms with Crippen molar-refractivity contribution in [2.24, 2.45) is 11.1 Å². The number of hydrogen-bond acceptors (Lipinski definition) is 4. The largest absolute Gasteiger partial charge is 0.351 e. The fraction of sp³-hybridized carbons (Fsp3) is 0.667. The second-order valence-corrected chi connectivity index (χ2v) is 7.35. The molecule has 1 amide bonds. The lowest BCUT2D eigenvalue weighted by Crippen LogP contribution is -2.46. The Hall–Kier alpha value is -0.560. The van der Waals surface area contributed by atoms with Crippen LogP contribution < -0.4 is 11.1 Å². The van der Waals surface area contributed by atoms with Gasteiger partial charge in [0, 0.05) is 45.8 Å². The molecule has 29 heavy (non-hydrogen) atoms. The summed E-state index contributed by atoms with van der Waals surface area (Å²) in [6.45, 7) is 13.9. The van der Waals surface area contributed by atoms with Crippen LogP contribution in [0.3, 0.4) is 0 Å². The van der Waals surface area contributed by atoms with Gasteiger partial charge in [-0.05, 0) is 30.5 Å². The Morgan fingerprint density at radius 3 is 1.97 bits per heavy atom. The number of piperazine rings is 1. The summed E-state index contributed by atoms with van der Waals surface area (Å²) in [5.41, 5.74) is 7.98. The molecule has 2 rings (SSSR count). The van der Waals surface area contributed by atoms with Gasteiger partial charge in [0.15, 0.2) is 0 Å². The standard InChI is InChI=1S/C21H36N4O.3ClH/c1-4-21(5-2,17-22)20(26)23-15-18-9-7-8-10-19(18)16-25-13-11-24(6-3)12-14-25;;;/h7-10H,4-6,11-17,22H2,1-3H3,(H,23,26);3*1H. The molecule has 0 spiro atoms. The Bertz CT molecular complexity index is 569. The normalized spacial score (nSPS) is 14.9. The first-order chi connectivity index (χ1) is 12.6. The monoisotopic (exact) mass is 468 g/mol. The highest BCUT2D eigenvalue weighted by atomic mass is 35.5. The summed E-state index contributed by atoms with van der Waals surface area (Å²) in [6, 6.07) is 8.45. The van der Waals surface area contributed by atoms with Crippen LogP contribution in [0.15, 0.2) is 24.3 Å². The van der Waals surface area contributed by atoms with E-state index in [4.69, 9.17) is 5.73 Å². The number of likely N-dealkylation sites (N-methyl/N-ethyl adjacent to an activating group) is 1. The van der Waals surface area contributed by atoms with Crippen LogP contribution in [0.2, 0.25) is 0 Å². The van der Waals surface area contributed by atoms with Gasteiger partial charge in [-0.2, -0.15) is 0 Å². The molecular formula is C21H39Cl3N4O. The summed E-state index contributed by atoms with van der Waals surface area (Å²) >= 11 is 0. The van der Waals surface area contributed by atoms with Crippen LogP contribution in [-0.4, -0.2) is 55.0 Å². The maximum absolute atomic E-state index is 12.7. The fourth-order valence-corrected chi connectivity index (χ4v) is 3.70. The Morgan fingerprint density at radius 1 is 0.966 bits per heavy atom. The summed E-state index contributed by atoms with van der Waals surface area (Å²) in [5.74, 6) is 0.0800. The molecule has 0 bridgehead atoms. The molecule has 1 aliphatic heterocycles. The predicted octanol–water partition coefficient (Wildman–Crippen LogP) is 3.47. The molecule has 3 N–H and O–H groups in total. The van der Waals surface area contributed by atoms with Crippen LogP contribution in [0, 0.1) is 5.41 Å². The Morgan fingerprint density at radius 2 is 1.48 bits per heavy atom. The number of benzene rings is 1. The lowest BCUT2D eigenvalue weighted by molar-refractivity contribution is -0.131. The van der Waals surface area contributed by atoms with E-state index < -0.39 is 5.41 Å². The van der Waals surface area contributed by atoms with Gasteiger partial charge in [0.1, 0.15) is 0 Å². The van der Waals surface area contributed by atoms with Crippen LogP contribution >= 0.6 is 37.2 Å². The number of amides is 1. The van der Waals surface area contributed by atoms with Crippen molar-refractivity contribution in [2.75, 3.05) is 39.3 Å². The second kappa shape index (κ2) is 15.3. The molecule has 0 aliphatic carbocycles. The minimum absolute atomic E-state index is 0. The van der Waals surface area contributed by atoms with Gasteiger partial charge in [-0.1, -0.05) is 45.0 Å². The van der Waals surface area contributed by atoms with Crippen molar-refractivity contribution in [3.05, 3.63) is 35.4 Å². The van der Waals surface area contributed by atoms with Gasteiger partial charge in [0.25, 0.3) is 0 Å². The third-order valence-electron chi connectivity index (χ3n) is 6.09. The molecule has 1 heterocycles. The Kier molecular flexibility index (Phi) is 16.1. The SMILES string of the molecule is CCN1CCN(Cc2ccccc2CNC(=O)C(CC)(CC)CN)CC1.Cl.Cl.Cl. The Labute approximate surface area is 195 Å². The van der Waals surface area contributed by atoms with Gasteiger partial charge in [0.05, 0.1) is 5.41 Å². The first-order valence-corrected chi connectivity index (χ1v) is 10.1. The number of nitrogens with two attached hydrogens (primary N) is 1. The van der Waals surface area contributed by atoms with Gasteiger partial charge in [0.2, 0.25) is 5.91 Å². The number of nitrogens with one attached hydrogen (secondary N) is 1. The third-order valence-corrected chi connectivity index (χ3v) is 6.09. The first kappa shape index (κ1) is 30.6. The zero-order valence-electron chi connectivity index (χ0n) is 18.0. The fourth-order valence-electron chi connectivity index (χ4n) is 3.70. The molecule has 0 unspecified atom stereocenters. The molecule has 0 saturated carbocycles.